The minimum absolute atomic E-state index is 0.132. The standard InChI is InChI=1S/C11H9ClN4O/c12-9-1-3-10(4-2-9)15-11(17)16(7-5-13)8-6-14/h1-4H,7-8H2,(H,15,17). The molecule has 0 spiro atoms. The lowest BCUT2D eigenvalue weighted by Gasteiger charge is -2.16. The number of amides is 2. The fraction of sp³-hybridized carbons (Fsp3) is 0.182. The molecule has 0 aromatic heterocycles. The van der Waals surface area contributed by atoms with E-state index in [0.29, 0.717) is 10.7 Å². The molecule has 5 nitrogen and oxygen atoms in total. The van der Waals surface area contributed by atoms with E-state index in [-0.39, 0.29) is 13.1 Å². The summed E-state index contributed by atoms with van der Waals surface area (Å²) in [4.78, 5) is 12.8. The minimum atomic E-state index is -0.490. The summed E-state index contributed by atoms with van der Waals surface area (Å²) in [5.41, 5.74) is 0.556. The van der Waals surface area contributed by atoms with Crippen molar-refractivity contribution in [2.24, 2.45) is 0 Å². The van der Waals surface area contributed by atoms with E-state index in [1.165, 1.54) is 0 Å². The van der Waals surface area contributed by atoms with Crippen LogP contribution in [0, 0.1) is 22.7 Å². The molecule has 0 fully saturated rings. The Bertz CT molecular complexity index is 456. The summed E-state index contributed by atoms with van der Waals surface area (Å²) in [5, 5.41) is 20.2. The Hall–Kier alpha value is -2.24. The average molecular weight is 249 g/mol. The third-order valence-electron chi connectivity index (χ3n) is 1.91. The molecule has 1 N–H and O–H groups in total. The number of rotatable bonds is 3. The normalized spacial score (nSPS) is 8.88. The van der Waals surface area contributed by atoms with Crippen molar-refractivity contribution < 1.29 is 4.79 Å². The van der Waals surface area contributed by atoms with Crippen LogP contribution in [-0.2, 0) is 0 Å². The molecule has 0 aliphatic carbocycles. The van der Waals surface area contributed by atoms with Gasteiger partial charge in [-0.05, 0) is 24.3 Å². The molecule has 6 heteroatoms. The summed E-state index contributed by atoms with van der Waals surface area (Å²) in [6, 6.07) is 9.69. The molecule has 0 aliphatic heterocycles. The Kier molecular flexibility index (Phi) is 4.80. The van der Waals surface area contributed by atoms with Crippen molar-refractivity contribution in [3.05, 3.63) is 29.3 Å². The minimum Gasteiger partial charge on any atom is -0.308 e. The van der Waals surface area contributed by atoms with Crippen LogP contribution in [0.5, 0.6) is 0 Å². The number of hydrogen-bond acceptors (Lipinski definition) is 3. The smallest absolute Gasteiger partial charge is 0.308 e. The first-order valence-electron chi connectivity index (χ1n) is 4.72. The van der Waals surface area contributed by atoms with Gasteiger partial charge in [-0.2, -0.15) is 10.5 Å². The number of anilines is 1. The van der Waals surface area contributed by atoms with Gasteiger partial charge in [0.25, 0.3) is 0 Å². The number of halogens is 1. The van der Waals surface area contributed by atoms with Gasteiger partial charge in [0.1, 0.15) is 13.1 Å². The molecule has 1 rings (SSSR count). The van der Waals surface area contributed by atoms with E-state index >= 15 is 0 Å². The van der Waals surface area contributed by atoms with Gasteiger partial charge in [-0.15, -0.1) is 0 Å². The highest BCUT2D eigenvalue weighted by atomic mass is 35.5. The number of urea groups is 1. The average Bonchev–Trinajstić information content (AvgIpc) is 2.32. The summed E-state index contributed by atoms with van der Waals surface area (Å²) in [6.07, 6.45) is 0. The van der Waals surface area contributed by atoms with E-state index < -0.39 is 6.03 Å². The second-order valence-electron chi connectivity index (χ2n) is 3.11. The lowest BCUT2D eigenvalue weighted by atomic mass is 10.3. The highest BCUT2D eigenvalue weighted by Crippen LogP contribution is 2.13. The molecule has 0 saturated heterocycles. The van der Waals surface area contributed by atoms with E-state index in [2.05, 4.69) is 5.32 Å². The topological polar surface area (TPSA) is 79.9 Å². The van der Waals surface area contributed by atoms with Crippen molar-refractivity contribution in [1.29, 1.82) is 10.5 Å². The second kappa shape index (κ2) is 6.37. The zero-order valence-electron chi connectivity index (χ0n) is 8.85. The van der Waals surface area contributed by atoms with Crippen LogP contribution >= 0.6 is 11.6 Å². The second-order valence-corrected chi connectivity index (χ2v) is 3.55. The summed E-state index contributed by atoms with van der Waals surface area (Å²) in [5.74, 6) is 0. The molecular weight excluding hydrogens is 240 g/mol. The molecule has 0 heterocycles. The Morgan fingerprint density at radius 1 is 1.24 bits per heavy atom. The zero-order valence-corrected chi connectivity index (χ0v) is 9.61. The van der Waals surface area contributed by atoms with Gasteiger partial charge in [-0.25, -0.2) is 4.79 Å². The van der Waals surface area contributed by atoms with Crippen LogP contribution in [0.1, 0.15) is 0 Å². The first kappa shape index (κ1) is 12.8. The third kappa shape index (κ3) is 4.02. The Balaban J connectivity index is 2.67. The van der Waals surface area contributed by atoms with E-state index in [1.54, 1.807) is 24.3 Å². The van der Waals surface area contributed by atoms with Crippen LogP contribution in [0.15, 0.2) is 24.3 Å². The predicted molar refractivity (Wildman–Crippen MR) is 63.3 cm³/mol. The fourth-order valence-electron chi connectivity index (χ4n) is 1.11. The molecule has 2 amide bonds. The van der Waals surface area contributed by atoms with E-state index in [1.807, 2.05) is 12.1 Å². The molecule has 0 atom stereocenters. The van der Waals surface area contributed by atoms with Gasteiger partial charge >= 0.3 is 6.03 Å². The van der Waals surface area contributed by atoms with Gasteiger partial charge in [0.2, 0.25) is 0 Å². The van der Waals surface area contributed by atoms with Gasteiger partial charge in [-0.3, -0.25) is 4.90 Å². The number of carbonyl (C=O) groups is 1. The van der Waals surface area contributed by atoms with Crippen LogP contribution in [0.3, 0.4) is 0 Å². The van der Waals surface area contributed by atoms with E-state index in [4.69, 9.17) is 22.1 Å². The van der Waals surface area contributed by atoms with Gasteiger partial charge in [0.15, 0.2) is 0 Å². The maximum atomic E-state index is 11.7. The Morgan fingerprint density at radius 3 is 2.24 bits per heavy atom. The van der Waals surface area contributed by atoms with Crippen molar-refractivity contribution in [1.82, 2.24) is 4.90 Å². The molecule has 0 bridgehead atoms. The number of nitrogens with zero attached hydrogens (tertiary/aromatic N) is 3. The van der Waals surface area contributed by atoms with Crippen LogP contribution in [-0.4, -0.2) is 24.0 Å². The van der Waals surface area contributed by atoms with Crippen molar-refractivity contribution in [2.45, 2.75) is 0 Å². The number of nitriles is 2. The number of benzene rings is 1. The van der Waals surface area contributed by atoms with Crippen molar-refractivity contribution in [3.8, 4) is 12.1 Å². The number of hydrogen-bond donors (Lipinski definition) is 1. The highest BCUT2D eigenvalue weighted by Gasteiger charge is 2.12. The molecular formula is C11H9ClN4O. The molecule has 0 aliphatic rings. The van der Waals surface area contributed by atoms with Crippen LogP contribution < -0.4 is 5.32 Å². The SMILES string of the molecule is N#CCN(CC#N)C(=O)Nc1ccc(Cl)cc1. The van der Waals surface area contributed by atoms with Crippen molar-refractivity contribution >= 4 is 23.3 Å². The summed E-state index contributed by atoms with van der Waals surface area (Å²) < 4.78 is 0. The summed E-state index contributed by atoms with van der Waals surface area (Å²) in [6.45, 7) is -0.264. The highest BCUT2D eigenvalue weighted by molar-refractivity contribution is 6.30. The number of nitrogens with one attached hydrogen (secondary N) is 1. The lowest BCUT2D eigenvalue weighted by molar-refractivity contribution is 0.223. The zero-order chi connectivity index (χ0) is 12.7. The Morgan fingerprint density at radius 2 is 1.76 bits per heavy atom. The molecule has 0 unspecified atom stereocenters. The molecule has 1 aromatic carbocycles. The maximum Gasteiger partial charge on any atom is 0.323 e. The monoisotopic (exact) mass is 248 g/mol. The third-order valence-corrected chi connectivity index (χ3v) is 2.16. The van der Waals surface area contributed by atoms with Crippen LogP contribution in [0.2, 0.25) is 5.02 Å². The molecule has 0 saturated carbocycles. The maximum absolute atomic E-state index is 11.7. The molecule has 86 valence electrons. The van der Waals surface area contributed by atoms with Gasteiger partial charge in [0.05, 0.1) is 12.1 Å². The Labute approximate surface area is 104 Å². The number of carbonyl (C=O) groups excluding carboxylic acids is 1. The first-order valence-corrected chi connectivity index (χ1v) is 5.10. The van der Waals surface area contributed by atoms with Crippen LogP contribution in [0.25, 0.3) is 0 Å². The largest absolute Gasteiger partial charge is 0.323 e. The molecule has 0 radical (unpaired) electrons. The van der Waals surface area contributed by atoms with Gasteiger partial charge < -0.3 is 5.32 Å². The predicted octanol–water partition coefficient (Wildman–Crippen LogP) is 2.22. The first-order chi connectivity index (χ1) is 8.17. The van der Waals surface area contributed by atoms with Gasteiger partial charge in [-0.1, -0.05) is 11.6 Å². The summed E-state index contributed by atoms with van der Waals surface area (Å²) in [7, 11) is 0. The quantitative estimate of drug-likeness (QED) is 0.833. The molecule has 1 aromatic rings. The fourth-order valence-corrected chi connectivity index (χ4v) is 1.23. The van der Waals surface area contributed by atoms with E-state index in [0.717, 1.165) is 4.90 Å². The molecule has 17 heavy (non-hydrogen) atoms. The summed E-state index contributed by atoms with van der Waals surface area (Å²) >= 11 is 5.70. The van der Waals surface area contributed by atoms with Crippen molar-refractivity contribution in [3.63, 3.8) is 0 Å². The van der Waals surface area contributed by atoms with Crippen molar-refractivity contribution in [2.75, 3.05) is 18.4 Å². The lowest BCUT2D eigenvalue weighted by Crippen LogP contribution is -2.35. The van der Waals surface area contributed by atoms with Crippen LogP contribution in [0.4, 0.5) is 10.5 Å². The van der Waals surface area contributed by atoms with Gasteiger partial charge in [0, 0.05) is 10.7 Å². The van der Waals surface area contributed by atoms with E-state index in [9.17, 15) is 4.79 Å².